The van der Waals surface area contributed by atoms with Crippen LogP contribution in [-0.2, 0) is 9.05 Å². The second kappa shape index (κ2) is 3.90. The summed E-state index contributed by atoms with van der Waals surface area (Å²) in [6, 6.07) is 0.948. The minimum absolute atomic E-state index is 0.0501. The number of hydrogen-bond acceptors (Lipinski definition) is 4. The first kappa shape index (κ1) is 12.1. The average Bonchev–Trinajstić information content (AvgIpc) is 2.06. The van der Waals surface area contributed by atoms with Crippen LogP contribution in [0.2, 0.25) is 0 Å². The number of alkyl halides is 2. The number of pyridine rings is 1. The lowest BCUT2D eigenvalue weighted by Crippen LogP contribution is -2.05. The quantitative estimate of drug-likeness (QED) is 0.820. The van der Waals surface area contributed by atoms with Crippen molar-refractivity contribution >= 4 is 25.4 Å². The number of nitrogen functional groups attached to an aromatic ring is 1. The number of hydrogen-bond donors (Lipinski definition) is 1. The molecule has 0 saturated carbocycles. The van der Waals surface area contributed by atoms with E-state index in [0.717, 1.165) is 6.07 Å². The number of nitrogens with two attached hydrogens (primary N) is 1. The molecule has 1 aromatic heterocycles. The topological polar surface area (TPSA) is 73.1 Å². The van der Waals surface area contributed by atoms with E-state index in [-0.39, 0.29) is 11.3 Å². The van der Waals surface area contributed by atoms with Crippen molar-refractivity contribution in [3.05, 3.63) is 17.3 Å². The van der Waals surface area contributed by atoms with Crippen LogP contribution in [0.3, 0.4) is 0 Å². The van der Waals surface area contributed by atoms with E-state index in [4.69, 9.17) is 16.4 Å². The molecule has 0 atom stereocenters. The lowest BCUT2D eigenvalue weighted by Gasteiger charge is -2.08. The van der Waals surface area contributed by atoms with Crippen molar-refractivity contribution in [2.75, 3.05) is 5.73 Å². The van der Waals surface area contributed by atoms with Crippen molar-refractivity contribution in [1.82, 2.24) is 4.98 Å². The van der Waals surface area contributed by atoms with E-state index in [9.17, 15) is 17.2 Å². The predicted molar refractivity (Wildman–Crippen MR) is 51.4 cm³/mol. The van der Waals surface area contributed by atoms with Crippen LogP contribution in [0.4, 0.5) is 14.5 Å². The predicted octanol–water partition coefficient (Wildman–Crippen LogP) is 1.84. The number of halogens is 3. The molecule has 15 heavy (non-hydrogen) atoms. The Morgan fingerprint density at radius 3 is 2.47 bits per heavy atom. The van der Waals surface area contributed by atoms with E-state index in [1.165, 1.54) is 6.92 Å². The summed E-state index contributed by atoms with van der Waals surface area (Å²) >= 11 is 0. The van der Waals surface area contributed by atoms with Crippen LogP contribution in [0, 0.1) is 6.92 Å². The first-order valence-electron chi connectivity index (χ1n) is 3.73. The van der Waals surface area contributed by atoms with Gasteiger partial charge in [-0.3, -0.25) is 0 Å². The molecule has 0 amide bonds. The molecule has 84 valence electrons. The molecule has 0 unspecified atom stereocenters. The zero-order valence-electron chi connectivity index (χ0n) is 7.54. The van der Waals surface area contributed by atoms with E-state index < -0.39 is 26.2 Å². The maximum absolute atomic E-state index is 12.4. The third-order valence-corrected chi connectivity index (χ3v) is 2.97. The first-order valence-corrected chi connectivity index (χ1v) is 6.04. The third-order valence-electron chi connectivity index (χ3n) is 1.78. The molecule has 0 aliphatic carbocycles. The highest BCUT2D eigenvalue weighted by molar-refractivity contribution is 8.13. The van der Waals surface area contributed by atoms with Gasteiger partial charge in [-0.15, -0.1) is 0 Å². The van der Waals surface area contributed by atoms with Gasteiger partial charge in [-0.05, 0) is 12.5 Å². The molecule has 1 rings (SSSR count). The second-order valence-corrected chi connectivity index (χ2v) is 5.31. The van der Waals surface area contributed by atoms with Crippen LogP contribution < -0.4 is 5.73 Å². The fourth-order valence-electron chi connectivity index (χ4n) is 0.961. The maximum Gasteiger partial charge on any atom is 0.280 e. The molecule has 0 aromatic carbocycles. The Morgan fingerprint density at radius 2 is 2.07 bits per heavy atom. The molecule has 8 heteroatoms. The molecule has 0 radical (unpaired) electrons. The van der Waals surface area contributed by atoms with Crippen LogP contribution in [0.5, 0.6) is 0 Å². The molecular weight excluding hydrogens is 250 g/mol. The van der Waals surface area contributed by atoms with Gasteiger partial charge in [0.2, 0.25) is 0 Å². The molecule has 0 bridgehead atoms. The van der Waals surface area contributed by atoms with E-state index >= 15 is 0 Å². The molecule has 0 spiro atoms. The Balaban J connectivity index is 3.50. The van der Waals surface area contributed by atoms with Gasteiger partial charge in [-0.2, -0.15) is 0 Å². The Labute approximate surface area is 89.5 Å². The fourth-order valence-corrected chi connectivity index (χ4v) is 1.67. The van der Waals surface area contributed by atoms with Gasteiger partial charge in [0.05, 0.1) is 0 Å². The highest BCUT2D eigenvalue weighted by Crippen LogP contribution is 2.27. The monoisotopic (exact) mass is 256 g/mol. The van der Waals surface area contributed by atoms with Crippen molar-refractivity contribution < 1.29 is 17.2 Å². The van der Waals surface area contributed by atoms with Crippen LogP contribution >= 0.6 is 10.7 Å². The number of rotatable bonds is 2. The van der Waals surface area contributed by atoms with Gasteiger partial charge in [0, 0.05) is 22.4 Å². The molecule has 1 heterocycles. The summed E-state index contributed by atoms with van der Waals surface area (Å²) in [7, 11) is 0.818. The van der Waals surface area contributed by atoms with Crippen molar-refractivity contribution in [2.24, 2.45) is 0 Å². The van der Waals surface area contributed by atoms with Crippen molar-refractivity contribution in [3.63, 3.8) is 0 Å². The maximum atomic E-state index is 12.4. The highest BCUT2D eigenvalue weighted by Gasteiger charge is 2.20. The van der Waals surface area contributed by atoms with Crippen LogP contribution in [0.15, 0.2) is 11.1 Å². The Hall–Kier alpha value is -0.950. The summed E-state index contributed by atoms with van der Waals surface area (Å²) in [6.07, 6.45) is -2.90. The summed E-state index contributed by atoms with van der Waals surface area (Å²) in [5.41, 5.74) is 4.65. The van der Waals surface area contributed by atoms with Gasteiger partial charge in [0.15, 0.2) is 5.03 Å². The van der Waals surface area contributed by atoms with E-state index in [1.54, 1.807) is 0 Å². The van der Waals surface area contributed by atoms with Crippen molar-refractivity contribution in [2.45, 2.75) is 18.4 Å². The first-order chi connectivity index (χ1) is 6.73. The van der Waals surface area contributed by atoms with Crippen molar-refractivity contribution in [1.29, 1.82) is 0 Å². The molecular formula is C7H7ClF2N2O2S. The fraction of sp³-hybridized carbons (Fsp3) is 0.286. The molecule has 2 N–H and O–H groups in total. The number of anilines is 1. The Kier molecular flexibility index (Phi) is 3.15. The molecule has 1 aromatic rings. The van der Waals surface area contributed by atoms with Crippen LogP contribution in [-0.4, -0.2) is 13.4 Å². The van der Waals surface area contributed by atoms with Gasteiger partial charge in [0.25, 0.3) is 15.5 Å². The summed E-state index contributed by atoms with van der Waals surface area (Å²) < 4.78 is 46.6. The van der Waals surface area contributed by atoms with Gasteiger partial charge < -0.3 is 5.73 Å². The zero-order valence-corrected chi connectivity index (χ0v) is 9.11. The van der Waals surface area contributed by atoms with Crippen LogP contribution in [0.1, 0.15) is 17.7 Å². The minimum Gasteiger partial charge on any atom is -0.398 e. The van der Waals surface area contributed by atoms with Gasteiger partial charge in [-0.1, -0.05) is 0 Å². The highest BCUT2D eigenvalue weighted by atomic mass is 35.7. The number of aromatic nitrogens is 1. The summed E-state index contributed by atoms with van der Waals surface area (Å²) in [5.74, 6) is 0. The molecule has 0 saturated heterocycles. The largest absolute Gasteiger partial charge is 0.398 e. The van der Waals surface area contributed by atoms with E-state index in [2.05, 4.69) is 4.98 Å². The smallest absolute Gasteiger partial charge is 0.280 e. The molecule has 0 aliphatic heterocycles. The van der Waals surface area contributed by atoms with Gasteiger partial charge in [0.1, 0.15) is 5.69 Å². The number of nitrogens with zero attached hydrogens (tertiary/aromatic N) is 1. The van der Waals surface area contributed by atoms with Crippen LogP contribution in [0.25, 0.3) is 0 Å². The second-order valence-electron chi connectivity index (χ2n) is 2.80. The Bertz CT molecular complexity index is 490. The zero-order chi connectivity index (χ0) is 11.8. The normalized spacial score (nSPS) is 12.1. The standard InChI is InChI=1S/C7H7ClF2N2O2S/c1-3-4(11)2-5(15(8,13)14)12-6(3)7(9)10/h2,7H,1H3,(H2,11,12). The SMILES string of the molecule is Cc1c(N)cc(S(=O)(=O)Cl)nc1C(F)F. The van der Waals surface area contributed by atoms with E-state index in [0.29, 0.717) is 0 Å². The Morgan fingerprint density at radius 1 is 1.53 bits per heavy atom. The van der Waals surface area contributed by atoms with Gasteiger partial charge >= 0.3 is 0 Å². The lowest BCUT2D eigenvalue weighted by atomic mass is 10.2. The van der Waals surface area contributed by atoms with E-state index in [1.807, 2.05) is 0 Å². The lowest BCUT2D eigenvalue weighted by molar-refractivity contribution is 0.144. The average molecular weight is 257 g/mol. The summed E-state index contributed by atoms with van der Waals surface area (Å²) in [5, 5.41) is -0.664. The molecule has 4 nitrogen and oxygen atoms in total. The summed E-state index contributed by atoms with van der Waals surface area (Å²) in [4.78, 5) is 3.25. The molecule has 0 aliphatic rings. The van der Waals surface area contributed by atoms with Crippen molar-refractivity contribution in [3.8, 4) is 0 Å². The minimum atomic E-state index is -4.15. The summed E-state index contributed by atoms with van der Waals surface area (Å²) in [6.45, 7) is 1.33. The third kappa shape index (κ3) is 2.54. The van der Waals surface area contributed by atoms with Gasteiger partial charge in [-0.25, -0.2) is 22.2 Å². The molecule has 0 fully saturated rings.